The van der Waals surface area contributed by atoms with E-state index in [1.165, 1.54) is 6.26 Å². The van der Waals surface area contributed by atoms with Crippen molar-refractivity contribution in [1.82, 2.24) is 14.5 Å². The lowest BCUT2D eigenvalue weighted by Gasteiger charge is -2.45. The Morgan fingerprint density at radius 3 is 2.70 bits per heavy atom. The van der Waals surface area contributed by atoms with Gasteiger partial charge in [0, 0.05) is 44.3 Å². The van der Waals surface area contributed by atoms with Gasteiger partial charge in [0.05, 0.1) is 6.26 Å². The van der Waals surface area contributed by atoms with Crippen LogP contribution in [0.25, 0.3) is 0 Å². The van der Waals surface area contributed by atoms with Crippen LogP contribution in [0.15, 0.2) is 0 Å². The number of piperazine rings is 1. The second-order valence-electron chi connectivity index (χ2n) is 7.17. The van der Waals surface area contributed by atoms with Gasteiger partial charge in [-0.15, -0.1) is 0 Å². The van der Waals surface area contributed by atoms with E-state index in [4.69, 9.17) is 0 Å². The number of nitrogens with one attached hydrogen (secondary N) is 1. The average molecular weight is 303 g/mol. The number of nitrogens with zero attached hydrogens (tertiary/aromatic N) is 2. The van der Waals surface area contributed by atoms with Crippen molar-refractivity contribution < 1.29 is 8.42 Å². The molecule has 118 valence electrons. The number of rotatable bonds is 3. The summed E-state index contributed by atoms with van der Waals surface area (Å²) in [6.45, 7) is 11.1. The second kappa shape index (κ2) is 5.91. The molecule has 0 spiro atoms. The summed E-state index contributed by atoms with van der Waals surface area (Å²) >= 11 is 0. The van der Waals surface area contributed by atoms with Gasteiger partial charge in [0.2, 0.25) is 10.0 Å². The fourth-order valence-electron chi connectivity index (χ4n) is 3.33. The van der Waals surface area contributed by atoms with Gasteiger partial charge < -0.3 is 5.32 Å². The van der Waals surface area contributed by atoms with Crippen LogP contribution in [0.2, 0.25) is 0 Å². The minimum Gasteiger partial charge on any atom is -0.309 e. The third kappa shape index (κ3) is 4.16. The molecule has 0 aliphatic carbocycles. The fraction of sp³-hybridized carbons (Fsp3) is 1.00. The number of hydrogen-bond acceptors (Lipinski definition) is 4. The average Bonchev–Trinajstić information content (AvgIpc) is 2.33. The molecule has 2 aliphatic rings. The summed E-state index contributed by atoms with van der Waals surface area (Å²) in [5, 5.41) is 3.56. The van der Waals surface area contributed by atoms with Crippen molar-refractivity contribution >= 4 is 10.0 Å². The molecule has 2 saturated heterocycles. The zero-order valence-corrected chi connectivity index (χ0v) is 14.0. The summed E-state index contributed by atoms with van der Waals surface area (Å²) in [5.74, 6) is 0.467. The molecule has 20 heavy (non-hydrogen) atoms. The molecule has 5 nitrogen and oxygen atoms in total. The minimum absolute atomic E-state index is 0.150. The Balaban J connectivity index is 1.95. The van der Waals surface area contributed by atoms with Gasteiger partial charge in [0.25, 0.3) is 0 Å². The Morgan fingerprint density at radius 2 is 2.05 bits per heavy atom. The Morgan fingerprint density at radius 1 is 1.35 bits per heavy atom. The topological polar surface area (TPSA) is 52.6 Å². The van der Waals surface area contributed by atoms with Crippen LogP contribution in [0.3, 0.4) is 0 Å². The molecule has 2 aliphatic heterocycles. The SMILES string of the molecule is CC1CNC(C)(C)CN1CC1CCCN(S(C)(=O)=O)C1. The summed E-state index contributed by atoms with van der Waals surface area (Å²) in [7, 11) is -3.03. The fourth-order valence-corrected chi connectivity index (χ4v) is 4.27. The predicted molar refractivity (Wildman–Crippen MR) is 82.3 cm³/mol. The molecule has 0 aromatic carbocycles. The van der Waals surface area contributed by atoms with Crippen LogP contribution in [-0.2, 0) is 10.0 Å². The van der Waals surface area contributed by atoms with Crippen LogP contribution in [-0.4, -0.2) is 68.2 Å². The summed E-state index contributed by atoms with van der Waals surface area (Å²) in [5.41, 5.74) is 0.150. The minimum atomic E-state index is -3.03. The van der Waals surface area contributed by atoms with Gasteiger partial charge in [0.1, 0.15) is 0 Å². The lowest BCUT2D eigenvalue weighted by atomic mass is 9.94. The van der Waals surface area contributed by atoms with Crippen molar-refractivity contribution in [1.29, 1.82) is 0 Å². The highest BCUT2D eigenvalue weighted by atomic mass is 32.2. The summed E-state index contributed by atoms with van der Waals surface area (Å²) in [4.78, 5) is 2.52. The van der Waals surface area contributed by atoms with Crippen molar-refractivity contribution in [2.24, 2.45) is 5.92 Å². The van der Waals surface area contributed by atoms with E-state index in [0.29, 0.717) is 25.0 Å². The maximum absolute atomic E-state index is 11.7. The molecule has 1 N–H and O–H groups in total. The van der Waals surface area contributed by atoms with E-state index in [-0.39, 0.29) is 5.54 Å². The maximum atomic E-state index is 11.7. The van der Waals surface area contributed by atoms with E-state index in [2.05, 4.69) is 31.0 Å². The van der Waals surface area contributed by atoms with Gasteiger partial charge in [-0.3, -0.25) is 4.90 Å². The molecule has 0 radical (unpaired) electrons. The van der Waals surface area contributed by atoms with Crippen molar-refractivity contribution in [3.63, 3.8) is 0 Å². The first-order valence-electron chi connectivity index (χ1n) is 7.61. The molecule has 0 saturated carbocycles. The monoisotopic (exact) mass is 303 g/mol. The maximum Gasteiger partial charge on any atom is 0.211 e. The molecule has 6 heteroatoms. The predicted octanol–water partition coefficient (Wildman–Crippen LogP) is 0.730. The molecule has 0 aromatic heterocycles. The highest BCUT2D eigenvalue weighted by Crippen LogP contribution is 2.23. The standard InChI is InChI=1S/C14H29N3O2S/c1-12-8-15-14(2,3)11-16(12)9-13-6-5-7-17(10-13)20(4,18)19/h12-13,15H,5-11H2,1-4H3. The lowest BCUT2D eigenvalue weighted by molar-refractivity contribution is 0.0760. The van der Waals surface area contributed by atoms with E-state index in [1.54, 1.807) is 4.31 Å². The highest BCUT2D eigenvalue weighted by molar-refractivity contribution is 7.88. The number of hydrogen-bond donors (Lipinski definition) is 1. The lowest BCUT2D eigenvalue weighted by Crippen LogP contribution is -2.61. The van der Waals surface area contributed by atoms with Gasteiger partial charge in [-0.1, -0.05) is 0 Å². The molecular weight excluding hydrogens is 274 g/mol. The molecule has 0 aromatic rings. The van der Waals surface area contributed by atoms with Crippen LogP contribution in [0.4, 0.5) is 0 Å². The van der Waals surface area contributed by atoms with E-state index < -0.39 is 10.0 Å². The van der Waals surface area contributed by atoms with Crippen molar-refractivity contribution in [2.75, 3.05) is 39.0 Å². The number of piperidine rings is 1. The summed E-state index contributed by atoms with van der Waals surface area (Å²) in [6, 6.07) is 0.525. The Bertz CT molecular complexity index is 436. The van der Waals surface area contributed by atoms with E-state index >= 15 is 0 Å². The van der Waals surface area contributed by atoms with Crippen molar-refractivity contribution in [3.05, 3.63) is 0 Å². The first-order chi connectivity index (χ1) is 9.17. The largest absolute Gasteiger partial charge is 0.309 e. The molecule has 0 bridgehead atoms. The normalized spacial score (nSPS) is 33.2. The molecule has 2 unspecified atom stereocenters. The van der Waals surface area contributed by atoms with Gasteiger partial charge in [-0.2, -0.15) is 0 Å². The van der Waals surface area contributed by atoms with Crippen LogP contribution in [0.1, 0.15) is 33.6 Å². The molecule has 2 rings (SSSR count). The second-order valence-corrected chi connectivity index (χ2v) is 9.15. The quantitative estimate of drug-likeness (QED) is 0.835. The Hall–Kier alpha value is -0.170. The zero-order chi connectivity index (χ0) is 15.0. The highest BCUT2D eigenvalue weighted by Gasteiger charge is 2.33. The molecule has 2 atom stereocenters. The number of sulfonamides is 1. The molecule has 2 fully saturated rings. The van der Waals surface area contributed by atoms with Crippen LogP contribution in [0.5, 0.6) is 0 Å². The zero-order valence-electron chi connectivity index (χ0n) is 13.2. The van der Waals surface area contributed by atoms with Crippen LogP contribution in [0, 0.1) is 5.92 Å². The van der Waals surface area contributed by atoms with Crippen molar-refractivity contribution in [2.45, 2.75) is 45.2 Å². The molecular formula is C14H29N3O2S. The summed E-state index contributed by atoms with van der Waals surface area (Å²) < 4.78 is 25.0. The Kier molecular flexibility index (Phi) is 4.79. The van der Waals surface area contributed by atoms with Gasteiger partial charge >= 0.3 is 0 Å². The van der Waals surface area contributed by atoms with Crippen LogP contribution < -0.4 is 5.32 Å². The van der Waals surface area contributed by atoms with Gasteiger partial charge in [-0.05, 0) is 39.5 Å². The van der Waals surface area contributed by atoms with E-state index in [1.807, 2.05) is 0 Å². The Labute approximate surface area is 123 Å². The van der Waals surface area contributed by atoms with Gasteiger partial charge in [0.15, 0.2) is 0 Å². The first-order valence-corrected chi connectivity index (χ1v) is 9.46. The smallest absolute Gasteiger partial charge is 0.211 e. The van der Waals surface area contributed by atoms with Crippen molar-refractivity contribution in [3.8, 4) is 0 Å². The third-order valence-electron chi connectivity index (χ3n) is 4.54. The molecule has 2 heterocycles. The van der Waals surface area contributed by atoms with E-state index in [0.717, 1.165) is 32.5 Å². The molecule has 0 amide bonds. The summed E-state index contributed by atoms with van der Waals surface area (Å²) in [6.07, 6.45) is 3.45. The van der Waals surface area contributed by atoms with Gasteiger partial charge in [-0.25, -0.2) is 12.7 Å². The van der Waals surface area contributed by atoms with E-state index in [9.17, 15) is 8.42 Å². The van der Waals surface area contributed by atoms with Crippen LogP contribution >= 0.6 is 0 Å². The first kappa shape index (κ1) is 16.2. The third-order valence-corrected chi connectivity index (χ3v) is 5.81.